The molecule has 0 bridgehead atoms. The number of hydrogen-bond acceptors (Lipinski definition) is 1. The fourth-order valence-corrected chi connectivity index (χ4v) is 5.25. The predicted octanol–water partition coefficient (Wildman–Crippen LogP) is 8.91. The third-order valence-corrected chi connectivity index (χ3v) is 6.97. The van der Waals surface area contributed by atoms with Crippen molar-refractivity contribution >= 4 is 55.0 Å². The van der Waals surface area contributed by atoms with Crippen LogP contribution in [0.3, 0.4) is 0 Å². The number of benzene rings is 5. The van der Waals surface area contributed by atoms with E-state index in [1.165, 1.54) is 58.0 Å². The molecule has 1 aliphatic rings. The van der Waals surface area contributed by atoms with Crippen molar-refractivity contribution in [3.8, 4) is 0 Å². The maximum atomic E-state index is 6.16. The molecule has 7 rings (SSSR count). The van der Waals surface area contributed by atoms with Crippen LogP contribution in [0.5, 0.6) is 0 Å². The van der Waals surface area contributed by atoms with Gasteiger partial charge in [-0.05, 0) is 88.7 Å². The SMILES string of the molecule is Clc1ccc2ccc3c4c(ccc3c2c1)CCCC4.c1ccc2nc3ccccc3cc2c1. The van der Waals surface area contributed by atoms with Crippen molar-refractivity contribution in [3.05, 3.63) is 113 Å². The second kappa shape index (κ2) is 8.50. The molecule has 1 aliphatic carbocycles. The summed E-state index contributed by atoms with van der Waals surface area (Å²) >= 11 is 6.16. The van der Waals surface area contributed by atoms with E-state index in [0.29, 0.717) is 0 Å². The first-order valence-corrected chi connectivity index (χ1v) is 12.0. The fourth-order valence-electron chi connectivity index (χ4n) is 5.08. The number of hydrogen-bond donors (Lipinski definition) is 0. The normalized spacial score (nSPS) is 13.1. The molecule has 33 heavy (non-hydrogen) atoms. The maximum Gasteiger partial charge on any atom is 0.0709 e. The monoisotopic (exact) mass is 445 g/mol. The molecular weight excluding hydrogens is 422 g/mol. The number of nitrogens with zero attached hydrogens (tertiary/aromatic N) is 1. The van der Waals surface area contributed by atoms with E-state index in [9.17, 15) is 0 Å². The Morgan fingerprint density at radius 2 is 1.21 bits per heavy atom. The van der Waals surface area contributed by atoms with Crippen LogP contribution in [-0.2, 0) is 12.8 Å². The summed E-state index contributed by atoms with van der Waals surface area (Å²) in [6, 6.07) is 33.8. The summed E-state index contributed by atoms with van der Waals surface area (Å²) in [7, 11) is 0. The molecule has 0 amide bonds. The zero-order chi connectivity index (χ0) is 22.2. The van der Waals surface area contributed by atoms with Gasteiger partial charge in [-0.3, -0.25) is 0 Å². The van der Waals surface area contributed by atoms with Crippen molar-refractivity contribution in [3.63, 3.8) is 0 Å². The van der Waals surface area contributed by atoms with E-state index in [1.807, 2.05) is 42.5 Å². The minimum atomic E-state index is 0.817. The van der Waals surface area contributed by atoms with Gasteiger partial charge >= 0.3 is 0 Å². The van der Waals surface area contributed by atoms with Gasteiger partial charge in [0.25, 0.3) is 0 Å². The lowest BCUT2D eigenvalue weighted by atomic mass is 9.86. The van der Waals surface area contributed by atoms with Gasteiger partial charge in [-0.15, -0.1) is 0 Å². The van der Waals surface area contributed by atoms with Crippen LogP contribution in [0.4, 0.5) is 0 Å². The van der Waals surface area contributed by atoms with Crippen LogP contribution in [-0.4, -0.2) is 4.98 Å². The molecule has 160 valence electrons. The number of halogens is 1. The summed E-state index contributed by atoms with van der Waals surface area (Å²) in [6.45, 7) is 0. The van der Waals surface area contributed by atoms with Crippen molar-refractivity contribution in [2.45, 2.75) is 25.7 Å². The molecule has 5 aromatic carbocycles. The highest BCUT2D eigenvalue weighted by atomic mass is 35.5. The van der Waals surface area contributed by atoms with Gasteiger partial charge in [-0.2, -0.15) is 0 Å². The highest BCUT2D eigenvalue weighted by Gasteiger charge is 2.13. The average molecular weight is 446 g/mol. The number of rotatable bonds is 0. The molecule has 0 spiro atoms. The Morgan fingerprint density at radius 1 is 0.545 bits per heavy atom. The van der Waals surface area contributed by atoms with Gasteiger partial charge in [0.05, 0.1) is 11.0 Å². The second-order valence-electron chi connectivity index (χ2n) is 8.81. The van der Waals surface area contributed by atoms with Crippen molar-refractivity contribution < 1.29 is 0 Å². The van der Waals surface area contributed by atoms with E-state index >= 15 is 0 Å². The van der Waals surface area contributed by atoms with Gasteiger partial charge in [0, 0.05) is 15.8 Å². The summed E-state index contributed by atoms with van der Waals surface area (Å²) in [4.78, 5) is 4.58. The number of para-hydroxylation sites is 2. The third-order valence-electron chi connectivity index (χ3n) is 6.74. The highest BCUT2D eigenvalue weighted by Crippen LogP contribution is 2.34. The largest absolute Gasteiger partial charge is 0.248 e. The van der Waals surface area contributed by atoms with Crippen LogP contribution in [0.2, 0.25) is 5.02 Å². The topological polar surface area (TPSA) is 12.9 Å². The fraction of sp³-hybridized carbons (Fsp3) is 0.129. The lowest BCUT2D eigenvalue weighted by molar-refractivity contribution is 0.690. The molecule has 0 atom stereocenters. The van der Waals surface area contributed by atoms with Crippen LogP contribution < -0.4 is 0 Å². The van der Waals surface area contributed by atoms with E-state index in [1.54, 1.807) is 11.1 Å². The first-order chi connectivity index (χ1) is 16.3. The van der Waals surface area contributed by atoms with Crippen molar-refractivity contribution in [2.75, 3.05) is 0 Å². The van der Waals surface area contributed by atoms with Crippen molar-refractivity contribution in [2.24, 2.45) is 0 Å². The molecular formula is C31H24ClN. The Bertz CT molecular complexity index is 1530. The van der Waals surface area contributed by atoms with Gasteiger partial charge < -0.3 is 0 Å². The van der Waals surface area contributed by atoms with Crippen LogP contribution >= 0.6 is 11.6 Å². The van der Waals surface area contributed by atoms with Gasteiger partial charge in [0.2, 0.25) is 0 Å². The molecule has 0 saturated carbocycles. The number of aryl methyl sites for hydroxylation is 2. The minimum Gasteiger partial charge on any atom is -0.248 e. The Morgan fingerprint density at radius 3 is 2.00 bits per heavy atom. The molecule has 0 radical (unpaired) electrons. The number of pyridine rings is 1. The van der Waals surface area contributed by atoms with Crippen LogP contribution in [0, 0.1) is 0 Å². The quantitative estimate of drug-likeness (QED) is 0.168. The Balaban J connectivity index is 0.000000131. The summed E-state index contributed by atoms with van der Waals surface area (Å²) in [5.41, 5.74) is 5.23. The zero-order valence-electron chi connectivity index (χ0n) is 18.4. The molecule has 0 unspecified atom stereocenters. The van der Waals surface area contributed by atoms with Crippen LogP contribution in [0.15, 0.2) is 97.1 Å². The summed E-state index contributed by atoms with van der Waals surface area (Å²) in [6.07, 6.45) is 5.11. The van der Waals surface area contributed by atoms with Gasteiger partial charge in [0.15, 0.2) is 0 Å². The Kier molecular flexibility index (Phi) is 5.20. The molecule has 1 nitrogen and oxygen atoms in total. The van der Waals surface area contributed by atoms with Crippen LogP contribution in [0.1, 0.15) is 24.0 Å². The summed E-state index contributed by atoms with van der Waals surface area (Å²) in [5, 5.41) is 8.54. The predicted molar refractivity (Wildman–Crippen MR) is 142 cm³/mol. The molecule has 0 saturated heterocycles. The maximum absolute atomic E-state index is 6.16. The van der Waals surface area contributed by atoms with Gasteiger partial charge in [-0.25, -0.2) is 4.98 Å². The first kappa shape index (κ1) is 20.2. The van der Waals surface area contributed by atoms with E-state index in [4.69, 9.17) is 11.6 Å². The standard InChI is InChI=1S/C18H15Cl.C13H9N/c19-14-8-5-13-7-9-16-15-4-2-1-3-12(15)6-10-17(16)18(13)11-14;1-3-7-12-10(5-1)9-11-6-2-4-8-13(11)14-12/h5-11H,1-4H2;1-9H. The molecule has 6 aromatic rings. The van der Waals surface area contributed by atoms with Crippen molar-refractivity contribution in [1.29, 1.82) is 0 Å². The molecule has 0 aliphatic heterocycles. The Labute approximate surface area is 198 Å². The third kappa shape index (κ3) is 3.83. The molecule has 0 fully saturated rings. The second-order valence-corrected chi connectivity index (χ2v) is 9.25. The number of aromatic nitrogens is 1. The van der Waals surface area contributed by atoms with Gasteiger partial charge in [0.1, 0.15) is 0 Å². The number of fused-ring (bicyclic) bond motifs is 7. The highest BCUT2D eigenvalue weighted by molar-refractivity contribution is 6.31. The summed E-state index contributed by atoms with van der Waals surface area (Å²) in [5.74, 6) is 0. The van der Waals surface area contributed by atoms with E-state index < -0.39 is 0 Å². The lowest BCUT2D eigenvalue weighted by Gasteiger charge is -2.18. The van der Waals surface area contributed by atoms with Crippen molar-refractivity contribution in [1.82, 2.24) is 4.98 Å². The summed E-state index contributed by atoms with van der Waals surface area (Å²) < 4.78 is 0. The van der Waals surface area contributed by atoms with E-state index in [-0.39, 0.29) is 0 Å². The molecule has 0 N–H and O–H groups in total. The minimum absolute atomic E-state index is 0.817. The smallest absolute Gasteiger partial charge is 0.0709 e. The Hall–Kier alpha value is -3.42. The molecule has 2 heteroatoms. The van der Waals surface area contributed by atoms with Crippen LogP contribution in [0.25, 0.3) is 43.4 Å². The van der Waals surface area contributed by atoms with E-state index in [0.717, 1.165) is 16.1 Å². The lowest BCUT2D eigenvalue weighted by Crippen LogP contribution is -2.03. The molecule has 1 aromatic heterocycles. The first-order valence-electron chi connectivity index (χ1n) is 11.6. The average Bonchev–Trinajstić information content (AvgIpc) is 2.87. The zero-order valence-corrected chi connectivity index (χ0v) is 19.1. The van der Waals surface area contributed by atoms with E-state index in [2.05, 4.69) is 59.6 Å². The van der Waals surface area contributed by atoms with Gasteiger partial charge in [-0.1, -0.05) is 78.3 Å². The molecule has 1 heterocycles.